The molecule has 0 amide bonds. The number of aliphatic hydroxyl groups is 1. The lowest BCUT2D eigenvalue weighted by atomic mass is 9.64. The van der Waals surface area contributed by atoms with Crippen LogP contribution in [-0.2, 0) is 12.1 Å². The van der Waals surface area contributed by atoms with Gasteiger partial charge >= 0.3 is 0 Å². The molecule has 0 radical (unpaired) electrons. The third kappa shape index (κ3) is 2.80. The van der Waals surface area contributed by atoms with Crippen LogP contribution in [0.4, 0.5) is 0 Å². The van der Waals surface area contributed by atoms with Gasteiger partial charge in [-0.3, -0.25) is 9.88 Å². The number of aromatic nitrogens is 1. The second kappa shape index (κ2) is 6.50. The molecule has 1 aromatic carbocycles. The number of ether oxygens (including phenoxy) is 2. The zero-order chi connectivity index (χ0) is 18.4. The molecule has 3 atom stereocenters. The highest BCUT2D eigenvalue weighted by Crippen LogP contribution is 2.49. The highest BCUT2D eigenvalue weighted by Gasteiger charge is 2.52. The van der Waals surface area contributed by atoms with Crippen molar-refractivity contribution in [3.63, 3.8) is 0 Å². The average molecular weight is 366 g/mol. The molecule has 3 heterocycles. The Morgan fingerprint density at radius 1 is 1.15 bits per heavy atom. The number of benzene rings is 1. The van der Waals surface area contributed by atoms with Crippen LogP contribution < -0.4 is 9.47 Å². The minimum atomic E-state index is -0.792. The molecule has 2 bridgehead atoms. The van der Waals surface area contributed by atoms with E-state index < -0.39 is 5.60 Å². The van der Waals surface area contributed by atoms with Gasteiger partial charge in [-0.1, -0.05) is 12.5 Å². The molecular formula is C22H26N2O3. The number of hydrogen-bond acceptors (Lipinski definition) is 5. The van der Waals surface area contributed by atoms with Gasteiger partial charge in [-0.25, -0.2) is 0 Å². The van der Waals surface area contributed by atoms with Crippen molar-refractivity contribution in [2.45, 2.75) is 38.3 Å². The van der Waals surface area contributed by atoms with E-state index in [0.29, 0.717) is 6.79 Å². The fourth-order valence-corrected chi connectivity index (χ4v) is 5.19. The topological polar surface area (TPSA) is 54.8 Å². The molecule has 27 heavy (non-hydrogen) atoms. The third-order valence-electron chi connectivity index (χ3n) is 6.61. The van der Waals surface area contributed by atoms with Crippen molar-refractivity contribution in [1.82, 2.24) is 9.88 Å². The molecule has 2 aliphatic heterocycles. The fraction of sp³-hybridized carbons (Fsp3) is 0.500. The first-order chi connectivity index (χ1) is 13.1. The minimum Gasteiger partial charge on any atom is -0.454 e. The monoisotopic (exact) mass is 366 g/mol. The van der Waals surface area contributed by atoms with E-state index in [0.717, 1.165) is 49.7 Å². The second-order valence-electron chi connectivity index (χ2n) is 8.19. The van der Waals surface area contributed by atoms with Gasteiger partial charge in [0, 0.05) is 37.7 Å². The Morgan fingerprint density at radius 3 is 2.59 bits per heavy atom. The Hall–Kier alpha value is -2.11. The Labute approximate surface area is 159 Å². The van der Waals surface area contributed by atoms with Crippen LogP contribution in [0.2, 0.25) is 0 Å². The molecular weight excluding hydrogens is 340 g/mol. The predicted octanol–water partition coefficient (Wildman–Crippen LogP) is 3.24. The van der Waals surface area contributed by atoms with Crippen LogP contribution in [0.25, 0.3) is 0 Å². The van der Waals surface area contributed by atoms with Crippen molar-refractivity contribution in [3.05, 3.63) is 53.3 Å². The van der Waals surface area contributed by atoms with Gasteiger partial charge in [0.15, 0.2) is 11.5 Å². The van der Waals surface area contributed by atoms with Gasteiger partial charge in [0.25, 0.3) is 0 Å². The van der Waals surface area contributed by atoms with Crippen LogP contribution in [0.1, 0.15) is 36.1 Å². The number of pyridine rings is 1. The number of hydrogen-bond donors (Lipinski definition) is 1. The summed E-state index contributed by atoms with van der Waals surface area (Å²) >= 11 is 0. The highest BCUT2D eigenvalue weighted by molar-refractivity contribution is 5.48. The molecule has 1 unspecified atom stereocenters. The standard InChI is InChI=1S/C22H26N2O3/c1-15-9-19-20(27-14-26-19)10-16(15)11-24-12-17-5-4-6-18(13-24)22(17,25)21-7-2-3-8-23-21/h2-3,7-10,17-18,25H,4-6,11-14H2,1H3/t17-,18+,22?. The van der Waals surface area contributed by atoms with Gasteiger partial charge in [-0.2, -0.15) is 0 Å². The van der Waals surface area contributed by atoms with Crippen LogP contribution in [0.3, 0.4) is 0 Å². The summed E-state index contributed by atoms with van der Waals surface area (Å²) in [5.74, 6) is 2.15. The lowest BCUT2D eigenvalue weighted by Crippen LogP contribution is -2.58. The van der Waals surface area contributed by atoms with Gasteiger partial charge in [0.05, 0.1) is 5.69 Å². The molecule has 5 nitrogen and oxygen atoms in total. The number of likely N-dealkylation sites (tertiary alicyclic amines) is 1. The molecule has 5 heteroatoms. The largest absolute Gasteiger partial charge is 0.454 e. The van der Waals surface area contributed by atoms with Crippen molar-refractivity contribution in [3.8, 4) is 11.5 Å². The van der Waals surface area contributed by atoms with E-state index in [9.17, 15) is 5.11 Å². The normalized spacial score (nSPS) is 29.7. The SMILES string of the molecule is Cc1cc2c(cc1CN1C[C@H]3CCC[C@@H](C1)C3(O)c1ccccn1)OCO2. The number of fused-ring (bicyclic) bond motifs is 3. The highest BCUT2D eigenvalue weighted by atomic mass is 16.7. The number of nitrogens with zero attached hydrogens (tertiary/aromatic N) is 2. The van der Waals surface area contributed by atoms with Crippen molar-refractivity contribution in [2.24, 2.45) is 11.8 Å². The van der Waals surface area contributed by atoms with Crippen LogP contribution >= 0.6 is 0 Å². The minimum absolute atomic E-state index is 0.231. The van der Waals surface area contributed by atoms with E-state index in [1.807, 2.05) is 18.2 Å². The van der Waals surface area contributed by atoms with Gasteiger partial charge < -0.3 is 14.6 Å². The van der Waals surface area contributed by atoms with E-state index in [2.05, 4.69) is 28.9 Å². The van der Waals surface area contributed by atoms with Crippen molar-refractivity contribution in [2.75, 3.05) is 19.9 Å². The summed E-state index contributed by atoms with van der Waals surface area (Å²) in [5, 5.41) is 11.7. The summed E-state index contributed by atoms with van der Waals surface area (Å²) in [6.07, 6.45) is 5.10. The summed E-state index contributed by atoms with van der Waals surface area (Å²) in [6.45, 7) is 5.12. The first-order valence-corrected chi connectivity index (χ1v) is 9.90. The molecule has 0 spiro atoms. The second-order valence-corrected chi connectivity index (χ2v) is 8.19. The van der Waals surface area contributed by atoms with E-state index in [1.54, 1.807) is 6.20 Å². The van der Waals surface area contributed by atoms with Crippen LogP contribution in [0, 0.1) is 18.8 Å². The molecule has 1 aromatic heterocycles. The van der Waals surface area contributed by atoms with Gasteiger partial charge in [0.1, 0.15) is 5.60 Å². The van der Waals surface area contributed by atoms with Gasteiger partial charge in [0.2, 0.25) is 6.79 Å². The number of piperidine rings is 1. The Morgan fingerprint density at radius 2 is 1.89 bits per heavy atom. The van der Waals surface area contributed by atoms with Crippen molar-refractivity contribution < 1.29 is 14.6 Å². The molecule has 1 saturated carbocycles. The van der Waals surface area contributed by atoms with Crippen molar-refractivity contribution in [1.29, 1.82) is 0 Å². The van der Waals surface area contributed by atoms with Gasteiger partial charge in [-0.15, -0.1) is 0 Å². The molecule has 2 fully saturated rings. The first kappa shape index (κ1) is 17.0. The molecule has 1 saturated heterocycles. The average Bonchev–Trinajstić information content (AvgIpc) is 3.10. The number of aryl methyl sites for hydroxylation is 1. The van der Waals surface area contributed by atoms with Crippen LogP contribution in [0.5, 0.6) is 11.5 Å². The Bertz CT molecular complexity index is 825. The maximum Gasteiger partial charge on any atom is 0.231 e. The summed E-state index contributed by atoms with van der Waals surface area (Å²) in [6, 6.07) is 10.1. The molecule has 5 rings (SSSR count). The summed E-state index contributed by atoms with van der Waals surface area (Å²) < 4.78 is 11.0. The Balaban J connectivity index is 1.39. The molecule has 142 valence electrons. The van der Waals surface area contributed by atoms with E-state index in [-0.39, 0.29) is 11.8 Å². The van der Waals surface area contributed by atoms with Crippen LogP contribution in [0.15, 0.2) is 36.5 Å². The van der Waals surface area contributed by atoms with Gasteiger partial charge in [-0.05, 0) is 55.2 Å². The van der Waals surface area contributed by atoms with Crippen LogP contribution in [-0.4, -0.2) is 34.9 Å². The third-order valence-corrected chi connectivity index (χ3v) is 6.61. The lowest BCUT2D eigenvalue weighted by molar-refractivity contribution is -0.151. The van der Waals surface area contributed by atoms with Crippen molar-refractivity contribution >= 4 is 0 Å². The zero-order valence-electron chi connectivity index (χ0n) is 15.7. The maximum atomic E-state index is 11.7. The number of rotatable bonds is 3. The molecule has 3 aliphatic rings. The summed E-state index contributed by atoms with van der Waals surface area (Å²) in [5.41, 5.74) is 2.56. The summed E-state index contributed by atoms with van der Waals surface area (Å²) in [4.78, 5) is 7.02. The molecule has 1 N–H and O–H groups in total. The quantitative estimate of drug-likeness (QED) is 0.904. The van der Waals surface area contributed by atoms with E-state index >= 15 is 0 Å². The van der Waals surface area contributed by atoms with E-state index in [4.69, 9.17) is 9.47 Å². The first-order valence-electron chi connectivity index (χ1n) is 9.90. The predicted molar refractivity (Wildman–Crippen MR) is 102 cm³/mol. The summed E-state index contributed by atoms with van der Waals surface area (Å²) in [7, 11) is 0. The Kier molecular flexibility index (Phi) is 4.10. The zero-order valence-corrected chi connectivity index (χ0v) is 15.7. The molecule has 1 aliphatic carbocycles. The fourth-order valence-electron chi connectivity index (χ4n) is 5.19. The van der Waals surface area contributed by atoms with E-state index in [1.165, 1.54) is 17.5 Å². The smallest absolute Gasteiger partial charge is 0.231 e. The maximum absolute atomic E-state index is 11.7. The lowest BCUT2D eigenvalue weighted by Gasteiger charge is -2.52. The molecule has 2 aromatic rings.